The molecule has 0 amide bonds. The molecule has 0 unspecified atom stereocenters. The Morgan fingerprint density at radius 3 is 2.24 bits per heavy atom. The van der Waals surface area contributed by atoms with Gasteiger partial charge in [-0.2, -0.15) is 0 Å². The number of hydrogen-bond acceptors (Lipinski definition) is 0. The van der Waals surface area contributed by atoms with Crippen molar-refractivity contribution in [3.8, 4) is 22.4 Å². The molecule has 25 heavy (non-hydrogen) atoms. The minimum atomic E-state index is 0.663. The van der Waals surface area contributed by atoms with Gasteiger partial charge in [0.05, 0.1) is 0 Å². The van der Waals surface area contributed by atoms with Crippen LogP contribution in [0.25, 0.3) is 22.4 Å². The van der Waals surface area contributed by atoms with Gasteiger partial charge in [-0.3, -0.25) is 0 Å². The minimum absolute atomic E-state index is 0.663. The second kappa shape index (κ2) is 7.23. The van der Waals surface area contributed by atoms with Gasteiger partial charge in [0.2, 0.25) is 5.69 Å². The van der Waals surface area contributed by atoms with E-state index in [0.717, 1.165) is 6.42 Å². The normalized spacial score (nSPS) is 11.1. The van der Waals surface area contributed by atoms with Gasteiger partial charge in [-0.25, -0.2) is 4.57 Å². The first-order valence-electron chi connectivity index (χ1n) is 9.11. The molecule has 3 rings (SSSR count). The number of aromatic nitrogens is 1. The van der Waals surface area contributed by atoms with Crippen LogP contribution in [0.1, 0.15) is 30.5 Å². The van der Waals surface area contributed by atoms with Crippen molar-refractivity contribution in [1.29, 1.82) is 0 Å². The van der Waals surface area contributed by atoms with E-state index in [9.17, 15) is 0 Å². The summed E-state index contributed by atoms with van der Waals surface area (Å²) in [4.78, 5) is 0. The van der Waals surface area contributed by atoms with Crippen molar-refractivity contribution >= 4 is 0 Å². The molecule has 0 spiro atoms. The van der Waals surface area contributed by atoms with Gasteiger partial charge < -0.3 is 0 Å². The fourth-order valence-corrected chi connectivity index (χ4v) is 3.46. The maximum Gasteiger partial charge on any atom is 0.212 e. The molecule has 0 saturated heterocycles. The molecule has 1 heterocycles. The molecule has 0 atom stereocenters. The van der Waals surface area contributed by atoms with E-state index in [2.05, 4.69) is 100 Å². The zero-order valence-electron chi connectivity index (χ0n) is 16.0. The van der Waals surface area contributed by atoms with Crippen molar-refractivity contribution in [1.82, 2.24) is 0 Å². The fraction of sp³-hybridized carbons (Fsp3) is 0.292. The second-order valence-electron chi connectivity index (χ2n) is 7.47. The van der Waals surface area contributed by atoms with Gasteiger partial charge in [-0.05, 0) is 54.5 Å². The molecular weight excluding hydrogens is 302 g/mol. The van der Waals surface area contributed by atoms with Gasteiger partial charge >= 0.3 is 0 Å². The highest BCUT2D eigenvalue weighted by molar-refractivity contribution is 5.73. The predicted octanol–water partition coefficient (Wildman–Crippen LogP) is 5.66. The monoisotopic (exact) mass is 330 g/mol. The molecule has 0 saturated carbocycles. The van der Waals surface area contributed by atoms with Crippen molar-refractivity contribution in [2.24, 2.45) is 13.0 Å². The first-order chi connectivity index (χ1) is 12.0. The molecule has 0 aliphatic rings. The van der Waals surface area contributed by atoms with E-state index in [1.54, 1.807) is 0 Å². The zero-order chi connectivity index (χ0) is 18.0. The Bertz CT molecular complexity index is 876. The third kappa shape index (κ3) is 3.82. The van der Waals surface area contributed by atoms with Crippen LogP contribution < -0.4 is 4.57 Å². The lowest BCUT2D eigenvalue weighted by Gasteiger charge is -2.12. The van der Waals surface area contributed by atoms with Gasteiger partial charge in [-0.15, -0.1) is 0 Å². The lowest BCUT2D eigenvalue weighted by atomic mass is 9.94. The van der Waals surface area contributed by atoms with Crippen LogP contribution in [0.2, 0.25) is 0 Å². The first kappa shape index (κ1) is 17.4. The molecule has 2 aromatic carbocycles. The highest BCUT2D eigenvalue weighted by Gasteiger charge is 2.17. The fourth-order valence-electron chi connectivity index (χ4n) is 3.46. The Hall–Kier alpha value is -2.41. The zero-order valence-corrected chi connectivity index (χ0v) is 16.0. The number of hydrogen-bond donors (Lipinski definition) is 0. The van der Waals surface area contributed by atoms with E-state index in [0.29, 0.717) is 5.92 Å². The maximum atomic E-state index is 2.38. The first-order valence-corrected chi connectivity index (χ1v) is 9.11. The summed E-state index contributed by atoms with van der Waals surface area (Å²) in [5.41, 5.74) is 9.28. The SMILES string of the molecule is Cc1c[n+](C)c(-c2cc(-c3ccccc3)ccc2C)cc1CC(C)C. The summed E-state index contributed by atoms with van der Waals surface area (Å²) in [6.45, 7) is 8.99. The molecule has 0 bridgehead atoms. The van der Waals surface area contributed by atoms with E-state index in [-0.39, 0.29) is 0 Å². The van der Waals surface area contributed by atoms with Crippen LogP contribution >= 0.6 is 0 Å². The quantitative estimate of drug-likeness (QED) is 0.543. The largest absolute Gasteiger partial charge is 0.212 e. The third-order valence-electron chi connectivity index (χ3n) is 4.83. The highest BCUT2D eigenvalue weighted by Crippen LogP contribution is 2.29. The average Bonchev–Trinajstić information content (AvgIpc) is 2.58. The van der Waals surface area contributed by atoms with Crippen molar-refractivity contribution in [2.75, 3.05) is 0 Å². The highest BCUT2D eigenvalue weighted by atomic mass is 14.9. The number of nitrogens with zero attached hydrogens (tertiary/aromatic N) is 1. The number of aryl methyl sites for hydroxylation is 3. The Morgan fingerprint density at radius 2 is 1.56 bits per heavy atom. The Balaban J connectivity index is 2.13. The average molecular weight is 330 g/mol. The smallest absolute Gasteiger partial charge is 0.201 e. The molecule has 0 aliphatic heterocycles. The molecule has 0 N–H and O–H groups in total. The van der Waals surface area contributed by atoms with Gasteiger partial charge in [0, 0.05) is 17.2 Å². The van der Waals surface area contributed by atoms with E-state index < -0.39 is 0 Å². The summed E-state index contributed by atoms with van der Waals surface area (Å²) in [7, 11) is 2.15. The van der Waals surface area contributed by atoms with E-state index in [4.69, 9.17) is 0 Å². The summed E-state index contributed by atoms with van der Waals surface area (Å²) >= 11 is 0. The number of rotatable bonds is 4. The molecule has 0 radical (unpaired) electrons. The van der Waals surface area contributed by atoms with Crippen molar-refractivity contribution < 1.29 is 4.57 Å². The van der Waals surface area contributed by atoms with Crippen LogP contribution in [0, 0.1) is 19.8 Å². The molecule has 3 aromatic rings. The molecule has 1 heteroatoms. The van der Waals surface area contributed by atoms with Crippen molar-refractivity contribution in [3.63, 3.8) is 0 Å². The van der Waals surface area contributed by atoms with Gasteiger partial charge in [0.15, 0.2) is 6.20 Å². The summed E-state index contributed by atoms with van der Waals surface area (Å²) in [5.74, 6) is 0.663. The predicted molar refractivity (Wildman–Crippen MR) is 107 cm³/mol. The van der Waals surface area contributed by atoms with Crippen LogP contribution in [0.3, 0.4) is 0 Å². The van der Waals surface area contributed by atoms with Gasteiger partial charge in [0.1, 0.15) is 7.05 Å². The molecule has 128 valence electrons. The number of pyridine rings is 1. The lowest BCUT2D eigenvalue weighted by molar-refractivity contribution is -0.660. The molecule has 1 aromatic heterocycles. The molecule has 1 nitrogen and oxygen atoms in total. The van der Waals surface area contributed by atoms with Crippen LogP contribution in [0.15, 0.2) is 60.8 Å². The molecule has 0 fully saturated rings. The summed E-state index contributed by atoms with van der Waals surface area (Å²) in [5, 5.41) is 0. The standard InChI is InChI=1S/C24H28N/c1-17(2)13-22-15-24(25(5)16-19(22)4)23-14-21(12-11-18(23)3)20-9-7-6-8-10-20/h6-12,14-17H,13H2,1-5H3/q+1. The third-order valence-corrected chi connectivity index (χ3v) is 4.83. The summed E-state index contributed by atoms with van der Waals surface area (Å²) < 4.78 is 2.26. The van der Waals surface area contributed by atoms with E-state index >= 15 is 0 Å². The van der Waals surface area contributed by atoms with Crippen LogP contribution in [0.5, 0.6) is 0 Å². The van der Waals surface area contributed by atoms with Crippen molar-refractivity contribution in [2.45, 2.75) is 34.1 Å². The van der Waals surface area contributed by atoms with Crippen molar-refractivity contribution in [3.05, 3.63) is 77.5 Å². The molecular formula is C24H28N+. The summed E-state index contributed by atoms with van der Waals surface area (Å²) in [6, 6.07) is 19.8. The second-order valence-corrected chi connectivity index (χ2v) is 7.47. The van der Waals surface area contributed by atoms with E-state index in [1.165, 1.54) is 39.1 Å². The maximum absolute atomic E-state index is 2.38. The molecule has 0 aliphatic carbocycles. The minimum Gasteiger partial charge on any atom is -0.201 e. The lowest BCUT2D eigenvalue weighted by Crippen LogP contribution is -2.32. The van der Waals surface area contributed by atoms with Crippen LogP contribution in [0.4, 0.5) is 0 Å². The topological polar surface area (TPSA) is 3.88 Å². The van der Waals surface area contributed by atoms with Gasteiger partial charge in [-0.1, -0.05) is 56.3 Å². The Labute approximate surface area is 152 Å². The Kier molecular flexibility index (Phi) is 5.03. The Morgan fingerprint density at radius 1 is 0.840 bits per heavy atom. The van der Waals surface area contributed by atoms with Gasteiger partial charge in [0.25, 0.3) is 0 Å². The van der Waals surface area contributed by atoms with Crippen LogP contribution in [-0.4, -0.2) is 0 Å². The van der Waals surface area contributed by atoms with Crippen LogP contribution in [-0.2, 0) is 13.5 Å². The number of benzene rings is 2. The summed E-state index contributed by atoms with van der Waals surface area (Å²) in [6.07, 6.45) is 3.39. The van der Waals surface area contributed by atoms with E-state index in [1.807, 2.05) is 0 Å².